The monoisotopic (exact) mass is 437 g/mol. The molecular weight excluding hydrogens is 410 g/mol. The summed E-state index contributed by atoms with van der Waals surface area (Å²) in [6.45, 7) is 1.92. The Labute approximate surface area is 194 Å². The minimum absolute atomic E-state index is 0.249. The van der Waals surface area contributed by atoms with Gasteiger partial charge in [-0.15, -0.1) is 0 Å². The van der Waals surface area contributed by atoms with Crippen LogP contribution in [0.2, 0.25) is 0 Å². The summed E-state index contributed by atoms with van der Waals surface area (Å²) in [6, 6.07) is 24.3. The van der Waals surface area contributed by atoms with Crippen molar-refractivity contribution in [2.75, 3.05) is 12.4 Å². The molecule has 0 fully saturated rings. The minimum Gasteiger partial charge on any atom is -0.497 e. The van der Waals surface area contributed by atoms with Gasteiger partial charge in [-0.1, -0.05) is 48.6 Å². The van der Waals surface area contributed by atoms with E-state index < -0.39 is 0 Å². The van der Waals surface area contributed by atoms with Crippen molar-refractivity contribution < 1.29 is 9.53 Å². The summed E-state index contributed by atoms with van der Waals surface area (Å²) in [7, 11) is 1.60. The Morgan fingerprint density at radius 3 is 2.55 bits per heavy atom. The van der Waals surface area contributed by atoms with Gasteiger partial charge in [0.05, 0.1) is 18.9 Å². The second kappa shape index (κ2) is 8.94. The van der Waals surface area contributed by atoms with E-state index in [0.717, 1.165) is 23.4 Å². The van der Waals surface area contributed by atoms with Gasteiger partial charge in [0.1, 0.15) is 5.75 Å². The Morgan fingerprint density at radius 1 is 1.03 bits per heavy atom. The molecule has 0 spiro atoms. The van der Waals surface area contributed by atoms with Crippen LogP contribution < -0.4 is 15.5 Å². The zero-order valence-electron chi connectivity index (χ0n) is 18.8. The summed E-state index contributed by atoms with van der Waals surface area (Å²) in [5, 5.41) is 8.13. The third-order valence-electron chi connectivity index (χ3n) is 6.62. The van der Waals surface area contributed by atoms with Gasteiger partial charge in [0.25, 0.3) is 5.91 Å². The number of carbonyl (C=O) groups excluding carboxylic acids is 1. The van der Waals surface area contributed by atoms with Crippen molar-refractivity contribution in [2.45, 2.75) is 25.3 Å². The third kappa shape index (κ3) is 4.14. The van der Waals surface area contributed by atoms with Crippen molar-refractivity contribution >= 4 is 17.3 Å². The van der Waals surface area contributed by atoms with E-state index in [1.807, 2.05) is 6.92 Å². The van der Waals surface area contributed by atoms with Gasteiger partial charge in [-0.05, 0) is 72.4 Å². The van der Waals surface area contributed by atoms with Crippen molar-refractivity contribution in [1.82, 2.24) is 5.43 Å². The van der Waals surface area contributed by atoms with Crippen molar-refractivity contribution in [1.29, 1.82) is 0 Å². The summed E-state index contributed by atoms with van der Waals surface area (Å²) in [4.78, 5) is 12.5. The molecule has 33 heavy (non-hydrogen) atoms. The van der Waals surface area contributed by atoms with Gasteiger partial charge < -0.3 is 10.1 Å². The van der Waals surface area contributed by atoms with Crippen LogP contribution in [-0.2, 0) is 0 Å². The van der Waals surface area contributed by atoms with Crippen molar-refractivity contribution in [2.24, 2.45) is 11.0 Å². The van der Waals surface area contributed by atoms with Crippen LogP contribution in [0.15, 0.2) is 90.0 Å². The fourth-order valence-electron chi connectivity index (χ4n) is 4.82. The van der Waals surface area contributed by atoms with Crippen LogP contribution in [0, 0.1) is 5.92 Å². The molecule has 0 saturated heterocycles. The van der Waals surface area contributed by atoms with Crippen LogP contribution in [0.5, 0.6) is 5.75 Å². The third-order valence-corrected chi connectivity index (χ3v) is 6.62. The number of hydrogen-bond acceptors (Lipinski definition) is 4. The first kappa shape index (κ1) is 21.0. The fourth-order valence-corrected chi connectivity index (χ4v) is 4.82. The highest BCUT2D eigenvalue weighted by molar-refractivity contribution is 6.01. The topological polar surface area (TPSA) is 62.7 Å². The summed E-state index contributed by atoms with van der Waals surface area (Å²) in [5.74, 6) is 1.32. The number of benzene rings is 3. The molecule has 2 N–H and O–H groups in total. The molecule has 0 saturated carbocycles. The van der Waals surface area contributed by atoms with Gasteiger partial charge in [0.15, 0.2) is 0 Å². The normalized spacial score (nSPS) is 21.0. The number of hydrogen-bond donors (Lipinski definition) is 2. The molecule has 1 aliphatic heterocycles. The van der Waals surface area contributed by atoms with E-state index in [4.69, 9.17) is 4.74 Å². The molecule has 5 rings (SSSR count). The smallest absolute Gasteiger partial charge is 0.271 e. The van der Waals surface area contributed by atoms with E-state index in [9.17, 15) is 4.79 Å². The van der Waals surface area contributed by atoms with E-state index in [1.54, 1.807) is 31.4 Å². The maximum absolute atomic E-state index is 12.5. The lowest BCUT2D eigenvalue weighted by molar-refractivity contribution is 0.0955. The minimum atomic E-state index is -0.249. The molecule has 1 aliphatic carbocycles. The number of carbonyl (C=O) groups is 1. The lowest BCUT2D eigenvalue weighted by Gasteiger charge is -2.37. The Morgan fingerprint density at radius 2 is 1.79 bits per heavy atom. The molecule has 3 aromatic rings. The first-order chi connectivity index (χ1) is 16.1. The summed E-state index contributed by atoms with van der Waals surface area (Å²) in [6.07, 6.45) is 5.69. The van der Waals surface area contributed by atoms with Crippen molar-refractivity contribution in [3.63, 3.8) is 0 Å². The van der Waals surface area contributed by atoms with Crippen molar-refractivity contribution in [3.05, 3.63) is 107 Å². The summed E-state index contributed by atoms with van der Waals surface area (Å²) >= 11 is 0. The van der Waals surface area contributed by atoms with E-state index in [1.165, 1.54) is 11.1 Å². The molecule has 0 radical (unpaired) electrons. The average molecular weight is 438 g/mol. The lowest BCUT2D eigenvalue weighted by Crippen LogP contribution is -2.29. The largest absolute Gasteiger partial charge is 0.497 e. The number of methoxy groups -OCH3 is 1. The highest BCUT2D eigenvalue weighted by Crippen LogP contribution is 2.49. The van der Waals surface area contributed by atoms with E-state index in [-0.39, 0.29) is 5.91 Å². The molecule has 3 aromatic carbocycles. The number of rotatable bonds is 5. The van der Waals surface area contributed by atoms with Crippen molar-refractivity contribution in [3.8, 4) is 5.75 Å². The number of fused-ring (bicyclic) bond motifs is 3. The summed E-state index contributed by atoms with van der Waals surface area (Å²) in [5.41, 5.74) is 8.75. The molecule has 1 heterocycles. The first-order valence-electron chi connectivity index (χ1n) is 11.2. The average Bonchev–Trinajstić information content (AvgIpc) is 3.37. The summed E-state index contributed by atoms with van der Waals surface area (Å²) < 4.78 is 5.14. The number of nitrogens with one attached hydrogen (secondary N) is 2. The van der Waals surface area contributed by atoms with Crippen LogP contribution >= 0.6 is 0 Å². The standard InChI is InChI=1S/C28H27N3O2/c1-18(30-31-28(32)20-11-14-22(33-2)15-12-20)21-13-16-26-25(17-21)23-9-6-10-24(23)27(29-26)19-7-4-3-5-8-19/h3-9,11-17,23-24,27,29H,10H2,1-2H3,(H,31,32)/b30-18-/t23-,24-,27+/m1/s1. The zero-order valence-corrected chi connectivity index (χ0v) is 18.8. The highest BCUT2D eigenvalue weighted by Gasteiger charge is 2.37. The van der Waals surface area contributed by atoms with Crippen LogP contribution in [0.4, 0.5) is 5.69 Å². The van der Waals surface area contributed by atoms with E-state index in [0.29, 0.717) is 29.2 Å². The van der Waals surface area contributed by atoms with Gasteiger partial charge in [-0.25, -0.2) is 5.43 Å². The Bertz CT molecular complexity index is 1220. The Hall–Kier alpha value is -3.86. The fraction of sp³-hybridized carbons (Fsp3) is 0.214. The molecule has 2 aliphatic rings. The Balaban J connectivity index is 1.36. The second-order valence-corrected chi connectivity index (χ2v) is 8.55. The number of nitrogens with zero attached hydrogens (tertiary/aromatic N) is 1. The first-order valence-corrected chi connectivity index (χ1v) is 11.2. The molecule has 166 valence electrons. The number of ether oxygens (including phenoxy) is 1. The lowest BCUT2D eigenvalue weighted by atomic mass is 9.76. The molecule has 0 unspecified atom stereocenters. The predicted molar refractivity (Wildman–Crippen MR) is 132 cm³/mol. The van der Waals surface area contributed by atoms with Gasteiger partial charge in [0, 0.05) is 17.2 Å². The second-order valence-electron chi connectivity index (χ2n) is 8.55. The van der Waals surface area contributed by atoms with Crippen LogP contribution in [0.1, 0.15) is 52.4 Å². The number of hydrazone groups is 1. The number of allylic oxidation sites excluding steroid dienone is 2. The van der Waals surface area contributed by atoms with Crippen LogP contribution in [-0.4, -0.2) is 18.7 Å². The molecule has 5 heteroatoms. The number of amides is 1. The molecule has 3 atom stereocenters. The quantitative estimate of drug-likeness (QED) is 0.307. The molecule has 0 aromatic heterocycles. The molecular formula is C28H27N3O2. The SMILES string of the molecule is COc1ccc(C(=O)N/N=C(/C)c2ccc3c(c2)[C@@H]2C=CC[C@H]2[C@H](c2ccccc2)N3)cc1. The maximum Gasteiger partial charge on any atom is 0.271 e. The van der Waals surface area contributed by atoms with Gasteiger partial charge in [-0.3, -0.25) is 4.79 Å². The molecule has 0 bridgehead atoms. The zero-order chi connectivity index (χ0) is 22.8. The van der Waals surface area contributed by atoms with E-state index in [2.05, 4.69) is 76.5 Å². The van der Waals surface area contributed by atoms with Gasteiger partial charge >= 0.3 is 0 Å². The highest BCUT2D eigenvalue weighted by atomic mass is 16.5. The Kier molecular flexibility index (Phi) is 5.69. The van der Waals surface area contributed by atoms with Gasteiger partial charge in [-0.2, -0.15) is 5.10 Å². The maximum atomic E-state index is 12.5. The molecule has 1 amide bonds. The number of anilines is 1. The van der Waals surface area contributed by atoms with Crippen LogP contribution in [0.3, 0.4) is 0 Å². The molecule has 5 nitrogen and oxygen atoms in total. The van der Waals surface area contributed by atoms with Gasteiger partial charge in [0.2, 0.25) is 0 Å². The predicted octanol–water partition coefficient (Wildman–Crippen LogP) is 5.68. The van der Waals surface area contributed by atoms with Crippen LogP contribution in [0.25, 0.3) is 0 Å². The van der Waals surface area contributed by atoms with E-state index >= 15 is 0 Å².